The topological polar surface area (TPSA) is 119 Å². The highest BCUT2D eigenvalue weighted by molar-refractivity contribution is 5.96. The molecule has 1 heterocycles. The summed E-state index contributed by atoms with van der Waals surface area (Å²) >= 11 is 0. The number of nitrogens with one attached hydrogen (secondary N) is 3. The van der Waals surface area contributed by atoms with Crippen LogP contribution in [-0.4, -0.2) is 38.5 Å². The Labute approximate surface area is 156 Å². The second kappa shape index (κ2) is 9.85. The Morgan fingerprint density at radius 1 is 1.00 bits per heavy atom. The Bertz CT molecular complexity index is 788. The molecule has 1 aromatic carbocycles. The highest BCUT2D eigenvalue weighted by Crippen LogP contribution is 2.27. The number of rotatable bonds is 8. The Hall–Kier alpha value is -3.49. The van der Waals surface area contributed by atoms with Gasteiger partial charge in [-0.3, -0.25) is 25.2 Å². The molecule has 9 heteroatoms. The number of carbonyl (C=O) groups excluding carboxylic acids is 3. The van der Waals surface area contributed by atoms with E-state index < -0.39 is 5.91 Å². The third-order valence-electron chi connectivity index (χ3n) is 3.57. The van der Waals surface area contributed by atoms with Crippen LogP contribution in [-0.2, 0) is 4.79 Å². The van der Waals surface area contributed by atoms with Gasteiger partial charge in [0.15, 0.2) is 17.3 Å². The van der Waals surface area contributed by atoms with Crippen molar-refractivity contribution < 1.29 is 28.3 Å². The van der Waals surface area contributed by atoms with E-state index in [4.69, 9.17) is 13.9 Å². The first kappa shape index (κ1) is 19.8. The number of carbonyl (C=O) groups is 3. The predicted molar refractivity (Wildman–Crippen MR) is 95.4 cm³/mol. The molecule has 9 nitrogen and oxygen atoms in total. The van der Waals surface area contributed by atoms with Gasteiger partial charge in [-0.25, -0.2) is 0 Å². The number of methoxy groups -OCH3 is 2. The molecule has 2 aromatic rings. The number of furan rings is 1. The molecule has 27 heavy (non-hydrogen) atoms. The summed E-state index contributed by atoms with van der Waals surface area (Å²) in [5.74, 6) is -0.103. The summed E-state index contributed by atoms with van der Waals surface area (Å²) in [5.41, 5.74) is 4.95. The Morgan fingerprint density at radius 2 is 1.78 bits per heavy atom. The summed E-state index contributed by atoms with van der Waals surface area (Å²) in [6.45, 7) is 0.302. The zero-order valence-corrected chi connectivity index (χ0v) is 15.0. The molecule has 0 unspecified atom stereocenters. The fourth-order valence-corrected chi connectivity index (χ4v) is 2.18. The molecule has 144 valence electrons. The Balaban J connectivity index is 1.70. The number of hydrogen-bond donors (Lipinski definition) is 3. The van der Waals surface area contributed by atoms with Crippen LogP contribution in [0.25, 0.3) is 0 Å². The molecule has 0 fully saturated rings. The summed E-state index contributed by atoms with van der Waals surface area (Å²) < 4.78 is 15.2. The number of ether oxygens (including phenoxy) is 2. The van der Waals surface area contributed by atoms with Crippen LogP contribution in [0.3, 0.4) is 0 Å². The van der Waals surface area contributed by atoms with Crippen molar-refractivity contribution in [3.8, 4) is 11.5 Å². The first-order valence-corrected chi connectivity index (χ1v) is 8.18. The van der Waals surface area contributed by atoms with Gasteiger partial charge in [0.05, 0.1) is 20.5 Å². The van der Waals surface area contributed by atoms with Crippen molar-refractivity contribution in [2.24, 2.45) is 0 Å². The molecule has 0 aliphatic rings. The molecule has 0 saturated carbocycles. The minimum Gasteiger partial charge on any atom is -0.493 e. The second-order valence-electron chi connectivity index (χ2n) is 5.41. The van der Waals surface area contributed by atoms with Crippen LogP contribution in [0.4, 0.5) is 0 Å². The molecule has 0 aliphatic heterocycles. The van der Waals surface area contributed by atoms with E-state index in [-0.39, 0.29) is 24.0 Å². The van der Waals surface area contributed by atoms with Gasteiger partial charge < -0.3 is 19.2 Å². The summed E-state index contributed by atoms with van der Waals surface area (Å²) in [4.78, 5) is 35.5. The SMILES string of the molecule is COc1ccc(C(=O)NNC(=O)CCCNC(=O)c2ccco2)cc1OC. The van der Waals surface area contributed by atoms with Gasteiger partial charge in [0.2, 0.25) is 5.91 Å². The van der Waals surface area contributed by atoms with Crippen LogP contribution in [0.2, 0.25) is 0 Å². The highest BCUT2D eigenvalue weighted by Gasteiger charge is 2.12. The largest absolute Gasteiger partial charge is 0.493 e. The summed E-state index contributed by atoms with van der Waals surface area (Å²) in [5, 5.41) is 2.63. The van der Waals surface area contributed by atoms with Gasteiger partial charge in [0.1, 0.15) is 0 Å². The van der Waals surface area contributed by atoms with Crippen LogP contribution in [0.5, 0.6) is 11.5 Å². The van der Waals surface area contributed by atoms with Crippen molar-refractivity contribution in [1.29, 1.82) is 0 Å². The third kappa shape index (κ3) is 5.77. The van der Waals surface area contributed by atoms with E-state index in [1.165, 1.54) is 26.5 Å². The number of benzene rings is 1. The quantitative estimate of drug-likeness (QED) is 0.472. The standard InChI is InChI=1S/C18H21N3O6/c1-25-13-8-7-12(11-15(13)26-2)17(23)21-20-16(22)6-3-9-19-18(24)14-5-4-10-27-14/h4-5,7-8,10-11H,3,6,9H2,1-2H3,(H,19,24)(H,20,22)(H,21,23). The molecular weight excluding hydrogens is 354 g/mol. The molecule has 3 amide bonds. The van der Waals surface area contributed by atoms with E-state index in [2.05, 4.69) is 16.2 Å². The third-order valence-corrected chi connectivity index (χ3v) is 3.57. The van der Waals surface area contributed by atoms with Gasteiger partial charge in [-0.15, -0.1) is 0 Å². The van der Waals surface area contributed by atoms with Crippen molar-refractivity contribution in [3.05, 3.63) is 47.9 Å². The molecule has 2 rings (SSSR count). The molecule has 3 N–H and O–H groups in total. The molecule has 0 bridgehead atoms. The average molecular weight is 375 g/mol. The van der Waals surface area contributed by atoms with E-state index in [0.717, 1.165) is 0 Å². The van der Waals surface area contributed by atoms with Crippen molar-refractivity contribution in [3.63, 3.8) is 0 Å². The molecule has 1 aromatic heterocycles. The molecule has 0 aliphatic carbocycles. The van der Waals surface area contributed by atoms with Gasteiger partial charge in [-0.2, -0.15) is 0 Å². The number of hydrazine groups is 1. The monoisotopic (exact) mass is 375 g/mol. The van der Waals surface area contributed by atoms with Crippen LogP contribution in [0, 0.1) is 0 Å². The van der Waals surface area contributed by atoms with Crippen LogP contribution in [0.15, 0.2) is 41.0 Å². The highest BCUT2D eigenvalue weighted by atomic mass is 16.5. The fraction of sp³-hybridized carbons (Fsp3) is 0.278. The van der Waals surface area contributed by atoms with Crippen molar-refractivity contribution in [2.45, 2.75) is 12.8 Å². The fourth-order valence-electron chi connectivity index (χ4n) is 2.18. The minimum atomic E-state index is -0.490. The Morgan fingerprint density at radius 3 is 2.44 bits per heavy atom. The molecular formula is C18H21N3O6. The van der Waals surface area contributed by atoms with Gasteiger partial charge in [-0.1, -0.05) is 0 Å². The normalized spacial score (nSPS) is 10.0. The lowest BCUT2D eigenvalue weighted by Crippen LogP contribution is -2.41. The van der Waals surface area contributed by atoms with Crippen LogP contribution in [0.1, 0.15) is 33.8 Å². The van der Waals surface area contributed by atoms with Gasteiger partial charge >= 0.3 is 0 Å². The minimum absolute atomic E-state index is 0.130. The lowest BCUT2D eigenvalue weighted by molar-refractivity contribution is -0.121. The van der Waals surface area contributed by atoms with E-state index >= 15 is 0 Å². The van der Waals surface area contributed by atoms with E-state index in [1.807, 2.05) is 0 Å². The molecule has 0 saturated heterocycles. The smallest absolute Gasteiger partial charge is 0.286 e. The van der Waals surface area contributed by atoms with Crippen molar-refractivity contribution in [1.82, 2.24) is 16.2 Å². The van der Waals surface area contributed by atoms with E-state index in [9.17, 15) is 14.4 Å². The summed E-state index contributed by atoms with van der Waals surface area (Å²) in [6, 6.07) is 7.81. The molecule has 0 spiro atoms. The predicted octanol–water partition coefficient (Wildman–Crippen LogP) is 1.27. The van der Waals surface area contributed by atoms with Crippen LogP contribution < -0.4 is 25.6 Å². The van der Waals surface area contributed by atoms with Crippen molar-refractivity contribution in [2.75, 3.05) is 20.8 Å². The first-order chi connectivity index (χ1) is 13.0. The first-order valence-electron chi connectivity index (χ1n) is 8.18. The number of amides is 3. The van der Waals surface area contributed by atoms with Gasteiger partial charge in [0.25, 0.3) is 11.8 Å². The zero-order chi connectivity index (χ0) is 19.6. The van der Waals surface area contributed by atoms with E-state index in [1.54, 1.807) is 24.3 Å². The molecule has 0 atom stereocenters. The maximum Gasteiger partial charge on any atom is 0.286 e. The summed E-state index contributed by atoms with van der Waals surface area (Å²) in [6.07, 6.45) is 1.94. The lowest BCUT2D eigenvalue weighted by Gasteiger charge is -2.10. The second-order valence-corrected chi connectivity index (χ2v) is 5.41. The van der Waals surface area contributed by atoms with E-state index in [0.29, 0.717) is 30.0 Å². The van der Waals surface area contributed by atoms with Gasteiger partial charge in [0, 0.05) is 18.5 Å². The van der Waals surface area contributed by atoms with Gasteiger partial charge in [-0.05, 0) is 36.8 Å². The average Bonchev–Trinajstić information content (AvgIpc) is 3.23. The number of hydrogen-bond acceptors (Lipinski definition) is 6. The lowest BCUT2D eigenvalue weighted by atomic mass is 10.2. The molecule has 0 radical (unpaired) electrons. The van der Waals surface area contributed by atoms with Crippen molar-refractivity contribution >= 4 is 17.7 Å². The maximum atomic E-state index is 12.1. The Kier molecular flexibility index (Phi) is 7.24. The van der Waals surface area contributed by atoms with Crippen LogP contribution >= 0.6 is 0 Å². The zero-order valence-electron chi connectivity index (χ0n) is 15.0. The maximum absolute atomic E-state index is 12.1. The summed E-state index contributed by atoms with van der Waals surface area (Å²) in [7, 11) is 2.96.